The summed E-state index contributed by atoms with van der Waals surface area (Å²) < 4.78 is 6.87. The molecule has 0 saturated carbocycles. The van der Waals surface area contributed by atoms with Crippen molar-refractivity contribution in [2.24, 2.45) is 0 Å². The van der Waals surface area contributed by atoms with Crippen LogP contribution in [-0.2, 0) is 21.7 Å². The lowest BCUT2D eigenvalue weighted by Gasteiger charge is -2.39. The first-order valence-corrected chi connectivity index (χ1v) is 23.3. The molecule has 1 heterocycles. The lowest BCUT2D eigenvalue weighted by atomic mass is 9.65. The van der Waals surface area contributed by atoms with Crippen molar-refractivity contribution in [3.8, 4) is 67.1 Å². The summed E-state index contributed by atoms with van der Waals surface area (Å²) in [5, 5.41) is 0. The minimum absolute atomic E-state index is 0.00741. The van der Waals surface area contributed by atoms with Crippen molar-refractivity contribution in [3.63, 3.8) is 0 Å². The van der Waals surface area contributed by atoms with Crippen LogP contribution in [0.15, 0.2) is 194 Å². The number of hydrogen-bond donors (Lipinski definition) is 0. The molecule has 0 radical (unpaired) electrons. The predicted octanol–water partition coefficient (Wildman–Crippen LogP) is 16.4. The van der Waals surface area contributed by atoms with Crippen molar-refractivity contribution in [1.29, 1.82) is 0 Å². The van der Waals surface area contributed by atoms with Gasteiger partial charge in [-0.15, -0.1) is 0 Å². The fourth-order valence-corrected chi connectivity index (χ4v) is 12.4. The van der Waals surface area contributed by atoms with Crippen LogP contribution in [-0.4, -0.2) is 0 Å². The Morgan fingerprint density at radius 2 is 0.723 bits per heavy atom. The average molecular weight is 835 g/mol. The monoisotopic (exact) mass is 834 g/mol. The highest BCUT2D eigenvalue weighted by molar-refractivity contribution is 6.02. The first-order chi connectivity index (χ1) is 31.5. The second-order valence-corrected chi connectivity index (χ2v) is 20.7. The van der Waals surface area contributed by atoms with Gasteiger partial charge in [-0.25, -0.2) is 0 Å². The van der Waals surface area contributed by atoms with Gasteiger partial charge in [0.2, 0.25) is 0 Å². The fourth-order valence-electron chi connectivity index (χ4n) is 12.4. The molecule has 0 bridgehead atoms. The molecule has 1 heteroatoms. The topological polar surface area (TPSA) is 9.23 Å². The van der Waals surface area contributed by atoms with E-state index in [1.165, 1.54) is 111 Å². The molecule has 0 amide bonds. The summed E-state index contributed by atoms with van der Waals surface area (Å²) >= 11 is 0. The third kappa shape index (κ3) is 4.99. The molecule has 0 atom stereocenters. The zero-order valence-electron chi connectivity index (χ0n) is 37.9. The van der Waals surface area contributed by atoms with Crippen LogP contribution in [0.4, 0.5) is 0 Å². The minimum atomic E-state index is -0.539. The zero-order chi connectivity index (χ0) is 44.0. The molecule has 1 aliphatic heterocycles. The van der Waals surface area contributed by atoms with Gasteiger partial charge >= 0.3 is 0 Å². The zero-order valence-corrected chi connectivity index (χ0v) is 37.9. The molecule has 3 aliphatic carbocycles. The van der Waals surface area contributed by atoms with Crippen LogP contribution < -0.4 is 4.74 Å². The van der Waals surface area contributed by atoms with Crippen molar-refractivity contribution < 1.29 is 4.74 Å². The molecular formula is C64H50O. The van der Waals surface area contributed by atoms with Crippen LogP contribution in [0.5, 0.6) is 11.5 Å². The van der Waals surface area contributed by atoms with E-state index in [9.17, 15) is 0 Å². The van der Waals surface area contributed by atoms with Gasteiger partial charge in [0.15, 0.2) is 0 Å². The van der Waals surface area contributed by atoms with Gasteiger partial charge in [-0.2, -0.15) is 0 Å². The van der Waals surface area contributed by atoms with Gasteiger partial charge < -0.3 is 4.74 Å². The van der Waals surface area contributed by atoms with Crippen molar-refractivity contribution in [1.82, 2.24) is 0 Å². The molecule has 4 aliphatic rings. The molecule has 65 heavy (non-hydrogen) atoms. The Morgan fingerprint density at radius 1 is 0.292 bits per heavy atom. The maximum atomic E-state index is 6.87. The Morgan fingerprint density at radius 3 is 1.32 bits per heavy atom. The molecule has 1 nitrogen and oxygen atoms in total. The maximum absolute atomic E-state index is 6.87. The molecule has 9 aromatic rings. The van der Waals surface area contributed by atoms with Gasteiger partial charge in [0.05, 0.1) is 10.8 Å². The van der Waals surface area contributed by atoms with Crippen LogP contribution >= 0.6 is 0 Å². The highest BCUT2D eigenvalue weighted by atomic mass is 16.5. The van der Waals surface area contributed by atoms with E-state index in [4.69, 9.17) is 4.74 Å². The Kier molecular flexibility index (Phi) is 7.76. The summed E-state index contributed by atoms with van der Waals surface area (Å²) in [5.74, 6) is 1.81. The number of rotatable bonds is 2. The van der Waals surface area contributed by atoms with Gasteiger partial charge in [0.1, 0.15) is 11.5 Å². The first-order valence-electron chi connectivity index (χ1n) is 23.3. The second kappa shape index (κ2) is 13.2. The van der Waals surface area contributed by atoms with Gasteiger partial charge in [-0.3, -0.25) is 0 Å². The van der Waals surface area contributed by atoms with E-state index in [0.717, 1.165) is 11.5 Å². The van der Waals surface area contributed by atoms with Crippen LogP contribution in [0.1, 0.15) is 97.2 Å². The molecule has 0 saturated heterocycles. The van der Waals surface area contributed by atoms with Crippen molar-refractivity contribution in [2.75, 3.05) is 0 Å². The van der Waals surface area contributed by atoms with E-state index in [0.29, 0.717) is 0 Å². The van der Waals surface area contributed by atoms with E-state index in [-0.39, 0.29) is 10.8 Å². The third-order valence-electron chi connectivity index (χ3n) is 15.3. The van der Waals surface area contributed by atoms with Crippen molar-refractivity contribution in [2.45, 2.75) is 63.2 Å². The summed E-state index contributed by atoms with van der Waals surface area (Å²) in [5.41, 5.74) is 24.8. The van der Waals surface area contributed by atoms with E-state index in [1.54, 1.807) is 0 Å². The summed E-state index contributed by atoms with van der Waals surface area (Å²) in [7, 11) is 0. The fraction of sp³-hybridized carbons (Fsp3) is 0.156. The Hall–Kier alpha value is -7.22. The summed E-state index contributed by atoms with van der Waals surface area (Å²) in [4.78, 5) is 0. The first kappa shape index (κ1) is 38.3. The van der Waals surface area contributed by atoms with Gasteiger partial charge in [-0.05, 0) is 129 Å². The van der Waals surface area contributed by atoms with Gasteiger partial charge in [0.25, 0.3) is 0 Å². The number of para-hydroxylation sites is 1. The molecule has 312 valence electrons. The maximum Gasteiger partial charge on any atom is 0.132 e. The van der Waals surface area contributed by atoms with E-state index >= 15 is 0 Å². The quantitative estimate of drug-likeness (QED) is 0.169. The number of fused-ring (bicyclic) bond motifs is 19. The van der Waals surface area contributed by atoms with Gasteiger partial charge in [0, 0.05) is 11.1 Å². The molecule has 0 aromatic heterocycles. The van der Waals surface area contributed by atoms with Gasteiger partial charge in [-0.1, -0.05) is 217 Å². The van der Waals surface area contributed by atoms with Crippen LogP contribution in [0.2, 0.25) is 0 Å². The molecule has 2 spiro atoms. The molecule has 0 unspecified atom stereocenters. The smallest absolute Gasteiger partial charge is 0.132 e. The number of benzene rings is 9. The van der Waals surface area contributed by atoms with E-state index < -0.39 is 10.8 Å². The molecular weight excluding hydrogens is 785 g/mol. The lowest BCUT2D eigenvalue weighted by molar-refractivity contribution is 0.436. The van der Waals surface area contributed by atoms with Crippen molar-refractivity contribution in [3.05, 3.63) is 250 Å². The Bertz CT molecular complexity index is 3380. The second-order valence-electron chi connectivity index (χ2n) is 20.7. The Balaban J connectivity index is 1.07. The SMILES string of the molecule is CC(C)(C)c1ccc2c(c1)C1(c3cc(C(C)(C)C)ccc3-2)c2ccccc2-c2c(-c3ccccc3-c3ccc4c(c3)C3(c5ccccc5O4)c4ccccc4-c4ccccc43)cccc21. The highest BCUT2D eigenvalue weighted by Gasteiger charge is 2.54. The summed E-state index contributed by atoms with van der Waals surface area (Å²) in [6, 6.07) is 73.6. The summed E-state index contributed by atoms with van der Waals surface area (Å²) in [6.07, 6.45) is 0. The standard InChI is InChI=1S/C64H50O/c1-61(2,3)40-31-33-46-47-34-32-41(62(4,5)6)38-56(47)64(55(46)37-40)52-26-14-11-22-49(52)60-48(23-17-28-54(60)64)43-19-8-7-18-42(43)39-30-35-59-57(36-39)63(53-27-15-16-29-58(53)65-59)50-24-12-9-20-44(50)45-21-10-13-25-51(45)63/h7-38H,1-6H3. The number of ether oxygens (including phenoxy) is 1. The molecule has 9 aromatic carbocycles. The van der Waals surface area contributed by atoms with Crippen molar-refractivity contribution >= 4 is 0 Å². The third-order valence-corrected chi connectivity index (χ3v) is 15.3. The molecule has 0 N–H and O–H groups in total. The normalized spacial score (nSPS) is 15.0. The van der Waals surface area contributed by atoms with E-state index in [1.807, 2.05) is 0 Å². The average Bonchev–Trinajstić information content (AvgIpc) is 3.91. The van der Waals surface area contributed by atoms with Crippen LogP contribution in [0.3, 0.4) is 0 Å². The molecule has 13 rings (SSSR count). The summed E-state index contributed by atoms with van der Waals surface area (Å²) in [6.45, 7) is 14.0. The molecule has 0 fully saturated rings. The largest absolute Gasteiger partial charge is 0.457 e. The van der Waals surface area contributed by atoms with Crippen LogP contribution in [0, 0.1) is 0 Å². The van der Waals surface area contributed by atoms with E-state index in [2.05, 4.69) is 236 Å². The van der Waals surface area contributed by atoms with Crippen LogP contribution in [0.25, 0.3) is 55.6 Å². The Labute approximate surface area is 383 Å². The minimum Gasteiger partial charge on any atom is -0.457 e. The predicted molar refractivity (Wildman–Crippen MR) is 268 cm³/mol. The number of hydrogen-bond acceptors (Lipinski definition) is 1. The highest BCUT2D eigenvalue weighted by Crippen LogP contribution is 2.66. The lowest BCUT2D eigenvalue weighted by Crippen LogP contribution is -2.32.